The van der Waals surface area contributed by atoms with Crippen LogP contribution in [0.5, 0.6) is 0 Å². The largest absolute Gasteiger partial charge is 0.355 e. The summed E-state index contributed by atoms with van der Waals surface area (Å²) in [6.45, 7) is 6.89. The number of likely N-dealkylation sites (N-methyl/N-ethyl adjacent to an activating group) is 1. The molecule has 3 heterocycles. The molecule has 7 nitrogen and oxygen atoms in total. The molecule has 0 aromatic carbocycles. The number of hydrogen-bond acceptors (Lipinski definition) is 5. The molecule has 27 heavy (non-hydrogen) atoms. The molecule has 2 aliphatic rings. The number of thiophene rings is 1. The highest BCUT2D eigenvalue weighted by Crippen LogP contribution is 2.22. The van der Waals surface area contributed by atoms with Gasteiger partial charge >= 0.3 is 0 Å². The fraction of sp³-hybridized carbons (Fsp3) is 0.632. The summed E-state index contributed by atoms with van der Waals surface area (Å²) < 4.78 is 0. The maximum absolute atomic E-state index is 12.9. The van der Waals surface area contributed by atoms with E-state index in [0.29, 0.717) is 45.8 Å². The van der Waals surface area contributed by atoms with E-state index in [9.17, 15) is 14.4 Å². The van der Waals surface area contributed by atoms with Crippen molar-refractivity contribution in [1.82, 2.24) is 20.0 Å². The average molecular weight is 393 g/mol. The van der Waals surface area contributed by atoms with E-state index >= 15 is 0 Å². The summed E-state index contributed by atoms with van der Waals surface area (Å²) in [7, 11) is 0. The highest BCUT2D eigenvalue weighted by atomic mass is 32.1. The lowest BCUT2D eigenvalue weighted by Gasteiger charge is -2.38. The van der Waals surface area contributed by atoms with Gasteiger partial charge in [-0.15, -0.1) is 11.3 Å². The monoisotopic (exact) mass is 392 g/mol. The van der Waals surface area contributed by atoms with Crippen molar-refractivity contribution in [1.29, 1.82) is 0 Å². The highest BCUT2D eigenvalue weighted by Gasteiger charge is 2.33. The SMILES string of the molecule is CCNC(=O)CN1CCN(C(=O)C2CCCN(C(=O)c3cccs3)C2)CC1. The van der Waals surface area contributed by atoms with E-state index in [0.717, 1.165) is 24.3 Å². The van der Waals surface area contributed by atoms with Crippen LogP contribution in [0.2, 0.25) is 0 Å². The Morgan fingerprint density at radius 2 is 1.93 bits per heavy atom. The predicted octanol–water partition coefficient (Wildman–Crippen LogP) is 0.881. The fourth-order valence-electron chi connectivity index (χ4n) is 3.76. The van der Waals surface area contributed by atoms with Gasteiger partial charge in [-0.1, -0.05) is 6.07 Å². The number of nitrogens with one attached hydrogen (secondary N) is 1. The number of likely N-dealkylation sites (tertiary alicyclic amines) is 1. The van der Waals surface area contributed by atoms with Crippen molar-refractivity contribution < 1.29 is 14.4 Å². The Bertz CT molecular complexity index is 656. The van der Waals surface area contributed by atoms with Gasteiger partial charge in [0, 0.05) is 45.8 Å². The van der Waals surface area contributed by atoms with Crippen LogP contribution in [0, 0.1) is 5.92 Å². The van der Waals surface area contributed by atoms with Gasteiger partial charge in [-0.3, -0.25) is 19.3 Å². The number of hydrogen-bond donors (Lipinski definition) is 1. The van der Waals surface area contributed by atoms with Crippen molar-refractivity contribution in [2.24, 2.45) is 5.92 Å². The van der Waals surface area contributed by atoms with Gasteiger partial charge < -0.3 is 15.1 Å². The Hall–Kier alpha value is -1.93. The standard InChI is InChI=1S/C19H28N4O3S/c1-2-20-17(24)14-21-8-10-22(11-9-21)18(25)15-5-3-7-23(13-15)19(26)16-6-4-12-27-16/h4,6,12,15H,2-3,5,7-11,13-14H2,1H3,(H,20,24). The Morgan fingerprint density at radius 3 is 2.59 bits per heavy atom. The van der Waals surface area contributed by atoms with E-state index in [2.05, 4.69) is 10.2 Å². The molecule has 8 heteroatoms. The lowest BCUT2D eigenvalue weighted by molar-refractivity contribution is -0.138. The molecular formula is C19H28N4O3S. The van der Waals surface area contributed by atoms with Gasteiger partial charge in [0.15, 0.2) is 0 Å². The first kappa shape index (κ1) is 19.8. The number of carbonyl (C=O) groups excluding carboxylic acids is 3. The second-order valence-electron chi connectivity index (χ2n) is 7.12. The molecule has 148 valence electrons. The van der Waals surface area contributed by atoms with Gasteiger partial charge in [0.1, 0.15) is 0 Å². The summed E-state index contributed by atoms with van der Waals surface area (Å²) in [6, 6.07) is 3.72. The van der Waals surface area contributed by atoms with E-state index in [1.165, 1.54) is 11.3 Å². The number of nitrogens with zero attached hydrogens (tertiary/aromatic N) is 3. The summed E-state index contributed by atoms with van der Waals surface area (Å²) in [5.41, 5.74) is 0. The number of piperidine rings is 1. The van der Waals surface area contributed by atoms with Crippen LogP contribution >= 0.6 is 11.3 Å². The molecule has 0 bridgehead atoms. The van der Waals surface area contributed by atoms with Gasteiger partial charge in [0.05, 0.1) is 17.3 Å². The second-order valence-corrected chi connectivity index (χ2v) is 8.07. The Morgan fingerprint density at radius 1 is 1.15 bits per heavy atom. The lowest BCUT2D eigenvalue weighted by atomic mass is 9.96. The van der Waals surface area contributed by atoms with Gasteiger partial charge in [-0.25, -0.2) is 0 Å². The zero-order chi connectivity index (χ0) is 19.2. The van der Waals surface area contributed by atoms with Crippen LogP contribution in [0.4, 0.5) is 0 Å². The number of piperazine rings is 1. The van der Waals surface area contributed by atoms with Crippen LogP contribution in [-0.2, 0) is 9.59 Å². The van der Waals surface area contributed by atoms with Gasteiger partial charge in [-0.2, -0.15) is 0 Å². The molecule has 2 fully saturated rings. The molecule has 0 aliphatic carbocycles. The van der Waals surface area contributed by atoms with Gasteiger partial charge in [0.2, 0.25) is 11.8 Å². The third kappa shape index (κ3) is 5.07. The van der Waals surface area contributed by atoms with E-state index in [1.807, 2.05) is 34.2 Å². The van der Waals surface area contributed by atoms with Gasteiger partial charge in [0.25, 0.3) is 5.91 Å². The summed E-state index contributed by atoms with van der Waals surface area (Å²) >= 11 is 1.45. The molecule has 1 aromatic heterocycles. The maximum Gasteiger partial charge on any atom is 0.263 e. The predicted molar refractivity (Wildman–Crippen MR) is 105 cm³/mol. The number of rotatable bonds is 5. The van der Waals surface area contributed by atoms with Crippen molar-refractivity contribution in [2.75, 3.05) is 52.4 Å². The Labute approximate surface area is 164 Å². The van der Waals surface area contributed by atoms with Crippen LogP contribution in [0.1, 0.15) is 29.4 Å². The van der Waals surface area contributed by atoms with Crippen molar-refractivity contribution in [2.45, 2.75) is 19.8 Å². The van der Waals surface area contributed by atoms with Crippen LogP contribution in [0.25, 0.3) is 0 Å². The molecule has 1 aromatic rings. The van der Waals surface area contributed by atoms with E-state index in [-0.39, 0.29) is 23.6 Å². The van der Waals surface area contributed by atoms with Crippen molar-refractivity contribution in [3.8, 4) is 0 Å². The Balaban J connectivity index is 1.49. The highest BCUT2D eigenvalue weighted by molar-refractivity contribution is 7.12. The molecule has 3 rings (SSSR count). The summed E-state index contributed by atoms with van der Waals surface area (Å²) in [5.74, 6) is 0.107. The maximum atomic E-state index is 12.9. The molecule has 0 spiro atoms. The van der Waals surface area contributed by atoms with Crippen LogP contribution in [0.15, 0.2) is 17.5 Å². The Kier molecular flexibility index (Phi) is 6.84. The molecule has 2 aliphatic heterocycles. The normalized spacial score (nSPS) is 21.1. The molecule has 1 atom stereocenters. The van der Waals surface area contributed by atoms with Crippen molar-refractivity contribution in [3.63, 3.8) is 0 Å². The average Bonchev–Trinajstić information content (AvgIpc) is 3.22. The topological polar surface area (TPSA) is 73.0 Å². The number of amides is 3. The van der Waals surface area contributed by atoms with E-state index < -0.39 is 0 Å². The third-order valence-corrected chi connectivity index (χ3v) is 6.07. The zero-order valence-corrected chi connectivity index (χ0v) is 16.7. The number of carbonyl (C=O) groups is 3. The van der Waals surface area contributed by atoms with Crippen LogP contribution < -0.4 is 5.32 Å². The molecule has 1 unspecified atom stereocenters. The van der Waals surface area contributed by atoms with E-state index in [1.54, 1.807) is 0 Å². The first-order valence-corrected chi connectivity index (χ1v) is 10.6. The smallest absolute Gasteiger partial charge is 0.263 e. The molecule has 0 saturated carbocycles. The summed E-state index contributed by atoms with van der Waals surface area (Å²) in [6.07, 6.45) is 1.71. The fourth-order valence-corrected chi connectivity index (χ4v) is 4.45. The minimum atomic E-state index is -0.113. The first-order valence-electron chi connectivity index (χ1n) is 9.69. The summed E-state index contributed by atoms with van der Waals surface area (Å²) in [4.78, 5) is 43.8. The molecule has 2 saturated heterocycles. The quantitative estimate of drug-likeness (QED) is 0.807. The third-order valence-electron chi connectivity index (χ3n) is 5.21. The molecule has 3 amide bonds. The molecular weight excluding hydrogens is 364 g/mol. The van der Waals surface area contributed by atoms with Crippen LogP contribution in [-0.4, -0.2) is 84.8 Å². The molecule has 1 N–H and O–H groups in total. The van der Waals surface area contributed by atoms with Crippen molar-refractivity contribution in [3.05, 3.63) is 22.4 Å². The van der Waals surface area contributed by atoms with Crippen LogP contribution in [0.3, 0.4) is 0 Å². The van der Waals surface area contributed by atoms with Crippen molar-refractivity contribution >= 4 is 29.1 Å². The van der Waals surface area contributed by atoms with E-state index in [4.69, 9.17) is 0 Å². The minimum Gasteiger partial charge on any atom is -0.355 e. The zero-order valence-electron chi connectivity index (χ0n) is 15.9. The minimum absolute atomic E-state index is 0.0345. The second kappa shape index (κ2) is 9.32. The summed E-state index contributed by atoms with van der Waals surface area (Å²) in [5, 5.41) is 4.71. The van der Waals surface area contributed by atoms with Gasteiger partial charge in [-0.05, 0) is 31.2 Å². The molecule has 0 radical (unpaired) electrons. The lowest BCUT2D eigenvalue weighted by Crippen LogP contribution is -2.54. The first-order chi connectivity index (χ1) is 13.1.